The van der Waals surface area contributed by atoms with Crippen molar-refractivity contribution in [1.82, 2.24) is 14.9 Å². The molecule has 1 atom stereocenters. The molecule has 0 amide bonds. The Morgan fingerprint density at radius 3 is 2.90 bits per heavy atom. The molecule has 1 aromatic heterocycles. The predicted molar refractivity (Wildman–Crippen MR) is 80.7 cm³/mol. The van der Waals surface area contributed by atoms with E-state index in [1.54, 1.807) is 6.07 Å². The fraction of sp³-hybridized carbons (Fsp3) is 0.438. The van der Waals surface area contributed by atoms with Gasteiger partial charge in [-0.3, -0.25) is 0 Å². The molecule has 0 fully saturated rings. The van der Waals surface area contributed by atoms with Gasteiger partial charge in [-0.25, -0.2) is 9.37 Å². The minimum absolute atomic E-state index is 0.0513. The molecule has 1 heterocycles. The number of nitrogens with one attached hydrogen (secondary N) is 1. The summed E-state index contributed by atoms with van der Waals surface area (Å²) in [5.74, 6) is -0.0633. The standard InChI is InChI=1S/C16H22FN3O/c1-4-7-20-11-18-9-14(20)10-19-12(2)13-5-6-16(21-3)15(17)8-13/h5-6,8-9,11-12,19H,4,7,10H2,1-3H3. The van der Waals surface area contributed by atoms with Crippen molar-refractivity contribution in [3.63, 3.8) is 0 Å². The van der Waals surface area contributed by atoms with Crippen molar-refractivity contribution in [2.45, 2.75) is 39.4 Å². The number of aromatic nitrogens is 2. The van der Waals surface area contributed by atoms with Crippen molar-refractivity contribution in [1.29, 1.82) is 0 Å². The fourth-order valence-corrected chi connectivity index (χ4v) is 2.27. The van der Waals surface area contributed by atoms with Gasteiger partial charge in [0.15, 0.2) is 11.6 Å². The SMILES string of the molecule is CCCn1cncc1CNC(C)c1ccc(OC)c(F)c1. The van der Waals surface area contributed by atoms with Crippen molar-refractivity contribution in [3.05, 3.63) is 47.8 Å². The quantitative estimate of drug-likeness (QED) is 0.851. The van der Waals surface area contributed by atoms with Crippen LogP contribution in [0.4, 0.5) is 4.39 Å². The first-order chi connectivity index (χ1) is 10.2. The van der Waals surface area contributed by atoms with Crippen LogP contribution in [0, 0.1) is 5.82 Å². The minimum Gasteiger partial charge on any atom is -0.494 e. The van der Waals surface area contributed by atoms with E-state index in [1.165, 1.54) is 13.2 Å². The Bertz CT molecular complexity index is 583. The summed E-state index contributed by atoms with van der Waals surface area (Å²) < 4.78 is 20.8. The summed E-state index contributed by atoms with van der Waals surface area (Å²) in [6, 6.07) is 5.10. The van der Waals surface area contributed by atoms with E-state index in [-0.39, 0.29) is 17.6 Å². The maximum Gasteiger partial charge on any atom is 0.165 e. The Labute approximate surface area is 125 Å². The summed E-state index contributed by atoms with van der Waals surface area (Å²) in [5, 5.41) is 3.40. The maximum absolute atomic E-state index is 13.7. The molecule has 0 saturated heterocycles. The second-order valence-electron chi connectivity index (χ2n) is 5.07. The molecule has 0 bridgehead atoms. The average molecular weight is 291 g/mol. The lowest BCUT2D eigenvalue weighted by Crippen LogP contribution is -2.20. The molecule has 0 spiro atoms. The number of imidazole rings is 1. The largest absolute Gasteiger partial charge is 0.494 e. The first kappa shape index (κ1) is 15.5. The van der Waals surface area contributed by atoms with Gasteiger partial charge in [0.2, 0.25) is 0 Å². The normalized spacial score (nSPS) is 12.4. The molecular weight excluding hydrogens is 269 g/mol. The number of methoxy groups -OCH3 is 1. The number of aryl methyl sites for hydroxylation is 1. The lowest BCUT2D eigenvalue weighted by Gasteiger charge is -2.16. The van der Waals surface area contributed by atoms with Crippen LogP contribution in [0.1, 0.15) is 37.6 Å². The van der Waals surface area contributed by atoms with E-state index in [2.05, 4.69) is 21.8 Å². The number of ether oxygens (including phenoxy) is 1. The second kappa shape index (κ2) is 7.22. The Hall–Kier alpha value is -1.88. The Morgan fingerprint density at radius 1 is 1.43 bits per heavy atom. The van der Waals surface area contributed by atoms with Crippen molar-refractivity contribution < 1.29 is 9.13 Å². The molecular formula is C16H22FN3O. The first-order valence-electron chi connectivity index (χ1n) is 7.21. The van der Waals surface area contributed by atoms with Gasteiger partial charge >= 0.3 is 0 Å². The molecule has 0 radical (unpaired) electrons. The summed E-state index contributed by atoms with van der Waals surface area (Å²) in [5.41, 5.74) is 2.03. The zero-order valence-electron chi connectivity index (χ0n) is 12.8. The number of hydrogen-bond donors (Lipinski definition) is 1. The number of halogens is 1. The lowest BCUT2D eigenvalue weighted by molar-refractivity contribution is 0.385. The zero-order valence-corrected chi connectivity index (χ0v) is 12.8. The first-order valence-corrected chi connectivity index (χ1v) is 7.21. The Kier molecular flexibility index (Phi) is 5.33. The van der Waals surface area contributed by atoms with E-state index in [9.17, 15) is 4.39 Å². The van der Waals surface area contributed by atoms with Crippen LogP contribution in [-0.2, 0) is 13.1 Å². The van der Waals surface area contributed by atoms with Gasteiger partial charge in [0.1, 0.15) is 0 Å². The third-order valence-electron chi connectivity index (χ3n) is 3.53. The third kappa shape index (κ3) is 3.82. The van der Waals surface area contributed by atoms with E-state index < -0.39 is 0 Å². The van der Waals surface area contributed by atoms with Gasteiger partial charge < -0.3 is 14.6 Å². The predicted octanol–water partition coefficient (Wildman–Crippen LogP) is 3.29. The van der Waals surface area contributed by atoms with Crippen LogP contribution in [0.15, 0.2) is 30.7 Å². The van der Waals surface area contributed by atoms with Crippen LogP contribution in [-0.4, -0.2) is 16.7 Å². The Balaban J connectivity index is 1.99. The highest BCUT2D eigenvalue weighted by atomic mass is 19.1. The van der Waals surface area contributed by atoms with Crippen LogP contribution < -0.4 is 10.1 Å². The van der Waals surface area contributed by atoms with E-state index in [0.29, 0.717) is 6.54 Å². The van der Waals surface area contributed by atoms with Crippen LogP contribution in [0.25, 0.3) is 0 Å². The van der Waals surface area contributed by atoms with Crippen molar-refractivity contribution in [2.24, 2.45) is 0 Å². The molecule has 2 aromatic rings. The summed E-state index contributed by atoms with van der Waals surface area (Å²) >= 11 is 0. The molecule has 1 unspecified atom stereocenters. The van der Waals surface area contributed by atoms with Gasteiger partial charge in [-0.2, -0.15) is 0 Å². The zero-order chi connectivity index (χ0) is 15.2. The fourth-order valence-electron chi connectivity index (χ4n) is 2.27. The molecule has 0 saturated carbocycles. The van der Waals surface area contributed by atoms with Gasteiger partial charge in [-0.1, -0.05) is 13.0 Å². The van der Waals surface area contributed by atoms with Crippen LogP contribution in [0.5, 0.6) is 5.75 Å². The molecule has 5 heteroatoms. The third-order valence-corrected chi connectivity index (χ3v) is 3.53. The Morgan fingerprint density at radius 2 is 2.24 bits per heavy atom. The number of nitrogens with zero attached hydrogens (tertiary/aromatic N) is 2. The highest BCUT2D eigenvalue weighted by Crippen LogP contribution is 2.21. The monoisotopic (exact) mass is 291 g/mol. The highest BCUT2D eigenvalue weighted by molar-refractivity contribution is 5.30. The van der Waals surface area contributed by atoms with Crippen LogP contribution in [0.3, 0.4) is 0 Å². The van der Waals surface area contributed by atoms with Crippen LogP contribution in [0.2, 0.25) is 0 Å². The molecule has 4 nitrogen and oxygen atoms in total. The van der Waals surface area contributed by atoms with Gasteiger partial charge in [-0.15, -0.1) is 0 Å². The molecule has 1 N–H and O–H groups in total. The molecule has 1 aromatic carbocycles. The second-order valence-corrected chi connectivity index (χ2v) is 5.07. The van der Waals surface area contributed by atoms with E-state index in [1.807, 2.05) is 25.5 Å². The molecule has 0 aliphatic rings. The smallest absolute Gasteiger partial charge is 0.165 e. The van der Waals surface area contributed by atoms with Gasteiger partial charge in [0.05, 0.1) is 19.1 Å². The molecule has 2 rings (SSSR count). The molecule has 0 aliphatic heterocycles. The number of hydrogen-bond acceptors (Lipinski definition) is 3. The van der Waals surface area contributed by atoms with E-state index in [4.69, 9.17) is 4.74 Å². The van der Waals surface area contributed by atoms with Gasteiger partial charge in [0.25, 0.3) is 0 Å². The summed E-state index contributed by atoms with van der Waals surface area (Å²) in [6.07, 6.45) is 4.78. The number of rotatable bonds is 7. The summed E-state index contributed by atoms with van der Waals surface area (Å²) in [6.45, 7) is 5.82. The van der Waals surface area contributed by atoms with Gasteiger partial charge in [0, 0.05) is 25.3 Å². The van der Waals surface area contributed by atoms with Crippen molar-refractivity contribution >= 4 is 0 Å². The average Bonchev–Trinajstić information content (AvgIpc) is 2.92. The molecule has 21 heavy (non-hydrogen) atoms. The summed E-state index contributed by atoms with van der Waals surface area (Å²) in [7, 11) is 1.47. The van der Waals surface area contributed by atoms with E-state index >= 15 is 0 Å². The minimum atomic E-state index is -0.334. The highest BCUT2D eigenvalue weighted by Gasteiger charge is 2.10. The summed E-state index contributed by atoms with van der Waals surface area (Å²) in [4.78, 5) is 4.17. The maximum atomic E-state index is 13.7. The van der Waals surface area contributed by atoms with Crippen molar-refractivity contribution in [3.8, 4) is 5.75 Å². The molecule has 0 aliphatic carbocycles. The van der Waals surface area contributed by atoms with E-state index in [0.717, 1.165) is 24.2 Å². The van der Waals surface area contributed by atoms with Crippen LogP contribution >= 0.6 is 0 Å². The molecule has 114 valence electrons. The van der Waals surface area contributed by atoms with Gasteiger partial charge in [-0.05, 0) is 31.0 Å². The van der Waals surface area contributed by atoms with Crippen molar-refractivity contribution in [2.75, 3.05) is 7.11 Å². The number of benzene rings is 1. The lowest BCUT2D eigenvalue weighted by atomic mass is 10.1. The topological polar surface area (TPSA) is 39.1 Å².